The number of carboxylic acids is 1. The summed E-state index contributed by atoms with van der Waals surface area (Å²) in [6.07, 6.45) is 9.44. The molecule has 1 aromatic carbocycles. The fourth-order valence-corrected chi connectivity index (χ4v) is 5.63. The van der Waals surface area contributed by atoms with Gasteiger partial charge in [0.05, 0.1) is 44.1 Å². The molecule has 4 rings (SSSR count). The summed E-state index contributed by atoms with van der Waals surface area (Å²) in [5.74, 6) is -0.749. The maximum absolute atomic E-state index is 11.6. The molecule has 3 atom stereocenters. The monoisotopic (exact) mass is 467 g/mol. The summed E-state index contributed by atoms with van der Waals surface area (Å²) in [5.41, 5.74) is 0.982. The summed E-state index contributed by atoms with van der Waals surface area (Å²) < 4.78 is 17.9. The first-order valence-corrected chi connectivity index (χ1v) is 12.5. The Morgan fingerprint density at radius 1 is 1.09 bits per heavy atom. The van der Waals surface area contributed by atoms with Gasteiger partial charge in [-0.1, -0.05) is 43.2 Å². The van der Waals surface area contributed by atoms with Gasteiger partial charge < -0.3 is 24.1 Å². The van der Waals surface area contributed by atoms with Crippen LogP contribution >= 0.6 is 0 Å². The molecule has 0 aromatic heterocycles. The molecule has 0 amide bonds. The van der Waals surface area contributed by atoms with Gasteiger partial charge in [-0.3, -0.25) is 4.90 Å². The summed E-state index contributed by atoms with van der Waals surface area (Å²) in [6, 6.07) is 10.3. The Morgan fingerprint density at radius 3 is 2.61 bits per heavy atom. The van der Waals surface area contributed by atoms with E-state index in [1.165, 1.54) is 25.7 Å². The van der Waals surface area contributed by atoms with Crippen molar-refractivity contribution < 1.29 is 53.7 Å². The van der Waals surface area contributed by atoms with Gasteiger partial charge in [-0.2, -0.15) is 0 Å². The van der Waals surface area contributed by atoms with Crippen molar-refractivity contribution in [1.82, 2.24) is 4.90 Å². The van der Waals surface area contributed by atoms with Crippen molar-refractivity contribution in [2.24, 2.45) is 5.92 Å². The molecule has 33 heavy (non-hydrogen) atoms. The molecular formula is C26H38NNaO5. The van der Waals surface area contributed by atoms with E-state index in [-0.39, 0.29) is 29.6 Å². The van der Waals surface area contributed by atoms with E-state index in [4.69, 9.17) is 14.2 Å². The van der Waals surface area contributed by atoms with Crippen LogP contribution < -0.4 is 34.7 Å². The van der Waals surface area contributed by atoms with Gasteiger partial charge in [0, 0.05) is 19.1 Å². The number of nitrogens with zero attached hydrogens (tertiary/aromatic N) is 1. The normalized spacial score (nSPS) is 29.0. The molecule has 0 bridgehead atoms. The fourth-order valence-electron chi connectivity index (χ4n) is 5.63. The van der Waals surface area contributed by atoms with Crippen molar-refractivity contribution in [3.8, 4) is 0 Å². The third kappa shape index (κ3) is 8.31. The zero-order valence-electron chi connectivity index (χ0n) is 20.2. The van der Waals surface area contributed by atoms with Crippen LogP contribution in [0.4, 0.5) is 0 Å². The topological polar surface area (TPSA) is 71.1 Å². The molecular weight excluding hydrogens is 429 g/mol. The number of carbonyl (C=O) groups is 1. The molecule has 7 heteroatoms. The molecule has 2 saturated carbocycles. The number of hydrogen-bond donors (Lipinski definition) is 0. The van der Waals surface area contributed by atoms with E-state index in [9.17, 15) is 9.90 Å². The summed E-state index contributed by atoms with van der Waals surface area (Å²) in [7, 11) is 0. The van der Waals surface area contributed by atoms with Crippen LogP contribution in [0.15, 0.2) is 30.3 Å². The van der Waals surface area contributed by atoms with Gasteiger partial charge in [-0.05, 0) is 56.4 Å². The molecule has 3 fully saturated rings. The number of morpholine rings is 1. The Bertz CT molecular complexity index is 695. The average Bonchev–Trinajstić information content (AvgIpc) is 2.83. The second-order valence-corrected chi connectivity index (χ2v) is 9.65. The van der Waals surface area contributed by atoms with Gasteiger partial charge in [0.1, 0.15) is 0 Å². The Labute approximate surface area is 220 Å². The second kappa shape index (κ2) is 14.2. The Hall–Kier alpha value is -0.470. The van der Waals surface area contributed by atoms with Crippen LogP contribution in [0.3, 0.4) is 0 Å². The van der Waals surface area contributed by atoms with Crippen LogP contribution in [0.1, 0.15) is 63.4 Å². The maximum atomic E-state index is 11.6. The number of ether oxygens (including phenoxy) is 3. The van der Waals surface area contributed by atoms with Crippen molar-refractivity contribution in [1.29, 1.82) is 0 Å². The quantitative estimate of drug-likeness (QED) is 0.449. The van der Waals surface area contributed by atoms with Crippen LogP contribution in [0.25, 0.3) is 0 Å². The molecule has 0 N–H and O–H groups in total. The number of carboxylic acid groups (broad SMARTS) is 1. The van der Waals surface area contributed by atoms with Crippen molar-refractivity contribution in [3.05, 3.63) is 35.9 Å². The summed E-state index contributed by atoms with van der Waals surface area (Å²) in [6.45, 7) is 3.94. The standard InChI is InChI=1S/C26H39NO5.Na/c28-26(29)25(32-19-21-6-2-1-3-7-21)18-20-10-12-22(13-11-20)30-16-14-27-15-17-31-24-9-5-4-8-23(24)27;/h1-3,6-7,20,22-25H,4-5,8-19H2,(H,28,29);/q;+1/p-1. The number of carbonyl (C=O) groups excluding carboxylic acids is 1. The average molecular weight is 468 g/mol. The van der Waals surface area contributed by atoms with E-state index < -0.39 is 12.1 Å². The first-order valence-electron chi connectivity index (χ1n) is 12.5. The largest absolute Gasteiger partial charge is 1.00 e. The molecule has 6 nitrogen and oxygen atoms in total. The second-order valence-electron chi connectivity index (χ2n) is 9.65. The molecule has 3 unspecified atom stereocenters. The maximum Gasteiger partial charge on any atom is 1.00 e. The molecule has 178 valence electrons. The zero-order chi connectivity index (χ0) is 22.2. The van der Waals surface area contributed by atoms with Crippen LogP contribution in [-0.2, 0) is 25.6 Å². The van der Waals surface area contributed by atoms with E-state index >= 15 is 0 Å². The Balaban J connectivity index is 0.00000306. The van der Waals surface area contributed by atoms with Crippen LogP contribution in [0.5, 0.6) is 0 Å². The molecule has 1 saturated heterocycles. The van der Waals surface area contributed by atoms with Gasteiger partial charge in [0.25, 0.3) is 0 Å². The number of hydrogen-bond acceptors (Lipinski definition) is 6. The predicted molar refractivity (Wildman–Crippen MR) is 120 cm³/mol. The molecule has 0 spiro atoms. The van der Waals surface area contributed by atoms with Crippen LogP contribution in [0, 0.1) is 5.92 Å². The molecule has 1 aliphatic heterocycles. The van der Waals surface area contributed by atoms with E-state index in [0.717, 1.165) is 57.6 Å². The summed E-state index contributed by atoms with van der Waals surface area (Å²) >= 11 is 0. The molecule has 1 aromatic rings. The van der Waals surface area contributed by atoms with Gasteiger partial charge in [0.15, 0.2) is 0 Å². The first-order chi connectivity index (χ1) is 15.7. The first kappa shape index (κ1) is 27.1. The molecule has 1 heterocycles. The minimum atomic E-state index is -1.11. The Kier molecular flexibility index (Phi) is 11.7. The van der Waals surface area contributed by atoms with Crippen LogP contribution in [0.2, 0.25) is 0 Å². The molecule has 3 aliphatic rings. The Morgan fingerprint density at radius 2 is 1.85 bits per heavy atom. The van der Waals surface area contributed by atoms with E-state index in [0.29, 0.717) is 37.2 Å². The van der Waals surface area contributed by atoms with Crippen molar-refractivity contribution in [2.75, 3.05) is 26.3 Å². The molecule has 2 aliphatic carbocycles. The van der Waals surface area contributed by atoms with Gasteiger partial charge in [0.2, 0.25) is 0 Å². The third-order valence-corrected chi connectivity index (χ3v) is 7.48. The smallest absolute Gasteiger partial charge is 0.547 e. The zero-order valence-corrected chi connectivity index (χ0v) is 22.2. The minimum Gasteiger partial charge on any atom is -0.547 e. The van der Waals surface area contributed by atoms with E-state index in [1.54, 1.807) is 0 Å². The number of rotatable bonds is 10. The minimum absolute atomic E-state index is 0. The van der Waals surface area contributed by atoms with Gasteiger partial charge in [-0.15, -0.1) is 0 Å². The fraction of sp³-hybridized carbons (Fsp3) is 0.731. The van der Waals surface area contributed by atoms with Crippen LogP contribution in [-0.4, -0.2) is 61.5 Å². The van der Waals surface area contributed by atoms with Crippen molar-refractivity contribution in [3.63, 3.8) is 0 Å². The third-order valence-electron chi connectivity index (χ3n) is 7.48. The summed E-state index contributed by atoms with van der Waals surface area (Å²) in [5, 5.41) is 11.6. The number of fused-ring (bicyclic) bond motifs is 1. The molecule has 0 radical (unpaired) electrons. The SMILES string of the molecule is O=C([O-])C(CC1CCC(OCCN2CCOC3CCCCC32)CC1)OCc1ccccc1.[Na+]. The number of benzene rings is 1. The van der Waals surface area contributed by atoms with E-state index in [2.05, 4.69) is 4.90 Å². The van der Waals surface area contributed by atoms with Gasteiger partial charge >= 0.3 is 29.6 Å². The summed E-state index contributed by atoms with van der Waals surface area (Å²) in [4.78, 5) is 14.2. The van der Waals surface area contributed by atoms with Crippen molar-refractivity contribution >= 4 is 5.97 Å². The predicted octanol–water partition coefficient (Wildman–Crippen LogP) is -0.0654. The van der Waals surface area contributed by atoms with Crippen molar-refractivity contribution in [2.45, 2.75) is 88.7 Å². The number of aliphatic carboxylic acids is 1. The van der Waals surface area contributed by atoms with E-state index in [1.807, 2.05) is 30.3 Å². The van der Waals surface area contributed by atoms with Gasteiger partial charge in [-0.25, -0.2) is 0 Å².